The predicted molar refractivity (Wildman–Crippen MR) is 72.0 cm³/mol. The van der Waals surface area contributed by atoms with E-state index in [0.29, 0.717) is 0 Å². The van der Waals surface area contributed by atoms with Crippen LogP contribution in [0.5, 0.6) is 0 Å². The summed E-state index contributed by atoms with van der Waals surface area (Å²) >= 11 is 0. The normalized spacial score (nSPS) is 18.0. The van der Waals surface area contributed by atoms with Crippen LogP contribution < -0.4 is 10.9 Å². The quantitative estimate of drug-likeness (QED) is 0.566. The Morgan fingerprint density at radius 1 is 1.00 bits per heavy atom. The van der Waals surface area contributed by atoms with Crippen molar-refractivity contribution in [2.75, 3.05) is 5.01 Å². The molecule has 2 aromatic rings. The smallest absolute Gasteiger partial charge is 0.248 e. The number of anilines is 1. The summed E-state index contributed by atoms with van der Waals surface area (Å²) in [4.78, 5) is 12.3. The van der Waals surface area contributed by atoms with Gasteiger partial charge < -0.3 is 0 Å². The number of hydrogen-bond donors (Lipinski definition) is 1. The molecule has 0 saturated heterocycles. The number of hydrogen-bond acceptors (Lipinski definition) is 2. The second-order valence-corrected chi connectivity index (χ2v) is 4.53. The Bertz CT molecular complexity index is 568. The van der Waals surface area contributed by atoms with E-state index in [4.69, 9.17) is 5.84 Å². The standard InChI is InChI=1S/C15H14N2O/c1-10-11-6-2-3-7-12(11)13-8-4-5-9-14(13)17(16)15(10)18/h2-10H,16H2,1H3/t10-/m0/s1. The molecule has 3 heteroatoms. The van der Waals surface area contributed by atoms with Crippen LogP contribution in [0.15, 0.2) is 48.5 Å². The number of carbonyl (C=O) groups is 1. The number of benzene rings is 2. The average molecular weight is 238 g/mol. The summed E-state index contributed by atoms with van der Waals surface area (Å²) in [5, 5.41) is 1.26. The maximum absolute atomic E-state index is 12.3. The van der Waals surface area contributed by atoms with Gasteiger partial charge in [-0.25, -0.2) is 10.9 Å². The van der Waals surface area contributed by atoms with Gasteiger partial charge in [-0.3, -0.25) is 4.79 Å². The highest BCUT2D eigenvalue weighted by molar-refractivity contribution is 6.04. The Hall–Kier alpha value is -2.13. The Labute approximate surface area is 106 Å². The van der Waals surface area contributed by atoms with Gasteiger partial charge in [0.05, 0.1) is 11.6 Å². The second kappa shape index (κ2) is 3.96. The van der Waals surface area contributed by atoms with Gasteiger partial charge in [-0.05, 0) is 24.1 Å². The van der Waals surface area contributed by atoms with E-state index in [1.807, 2.05) is 55.5 Å². The Kier molecular flexibility index (Phi) is 2.42. The fraction of sp³-hybridized carbons (Fsp3) is 0.133. The van der Waals surface area contributed by atoms with Crippen molar-refractivity contribution in [3.8, 4) is 11.1 Å². The van der Waals surface area contributed by atoms with Crippen LogP contribution in [-0.2, 0) is 4.79 Å². The van der Waals surface area contributed by atoms with Crippen LogP contribution >= 0.6 is 0 Å². The summed E-state index contributed by atoms with van der Waals surface area (Å²) in [6.07, 6.45) is 0. The van der Waals surface area contributed by atoms with E-state index in [1.54, 1.807) is 0 Å². The molecule has 0 saturated carbocycles. The van der Waals surface area contributed by atoms with Crippen molar-refractivity contribution in [3.63, 3.8) is 0 Å². The SMILES string of the molecule is C[C@@H]1C(=O)N(N)c2ccccc2-c2ccccc21. The molecule has 1 amide bonds. The first kappa shape index (κ1) is 11.0. The van der Waals surface area contributed by atoms with E-state index in [-0.39, 0.29) is 11.8 Å². The van der Waals surface area contributed by atoms with E-state index >= 15 is 0 Å². The lowest BCUT2D eigenvalue weighted by Crippen LogP contribution is -2.39. The van der Waals surface area contributed by atoms with Crippen molar-refractivity contribution in [2.24, 2.45) is 5.84 Å². The van der Waals surface area contributed by atoms with Gasteiger partial charge in [0.15, 0.2) is 0 Å². The molecule has 18 heavy (non-hydrogen) atoms. The van der Waals surface area contributed by atoms with Crippen molar-refractivity contribution >= 4 is 11.6 Å². The van der Waals surface area contributed by atoms with Crippen LogP contribution in [0.4, 0.5) is 5.69 Å². The van der Waals surface area contributed by atoms with Crippen LogP contribution in [0, 0.1) is 0 Å². The Balaban J connectivity index is 2.36. The molecule has 3 nitrogen and oxygen atoms in total. The molecule has 0 radical (unpaired) electrons. The summed E-state index contributed by atoms with van der Waals surface area (Å²) in [7, 11) is 0. The molecule has 1 atom stereocenters. The minimum atomic E-state index is -0.224. The lowest BCUT2D eigenvalue weighted by atomic mass is 9.92. The zero-order valence-electron chi connectivity index (χ0n) is 10.1. The molecule has 1 aliphatic heterocycles. The highest BCUT2D eigenvalue weighted by Gasteiger charge is 2.29. The number of rotatable bonds is 0. The van der Waals surface area contributed by atoms with Crippen LogP contribution in [0.3, 0.4) is 0 Å². The fourth-order valence-corrected chi connectivity index (χ4v) is 2.49. The molecule has 1 heterocycles. The monoisotopic (exact) mass is 238 g/mol. The van der Waals surface area contributed by atoms with Gasteiger partial charge >= 0.3 is 0 Å². The maximum atomic E-state index is 12.3. The van der Waals surface area contributed by atoms with E-state index in [2.05, 4.69) is 0 Å². The molecule has 2 aromatic carbocycles. The topological polar surface area (TPSA) is 46.3 Å². The third-order valence-electron chi connectivity index (χ3n) is 3.49. The summed E-state index contributed by atoms with van der Waals surface area (Å²) in [5.41, 5.74) is 3.89. The van der Waals surface area contributed by atoms with Gasteiger partial charge in [-0.15, -0.1) is 0 Å². The molecule has 90 valence electrons. The minimum absolute atomic E-state index is 0.0765. The highest BCUT2D eigenvalue weighted by Crippen LogP contribution is 2.39. The molecule has 3 rings (SSSR count). The predicted octanol–water partition coefficient (Wildman–Crippen LogP) is 2.68. The molecular formula is C15H14N2O. The zero-order chi connectivity index (χ0) is 12.7. The third kappa shape index (κ3) is 1.45. The van der Waals surface area contributed by atoms with E-state index in [0.717, 1.165) is 22.4 Å². The molecule has 2 N–H and O–H groups in total. The summed E-state index contributed by atoms with van der Waals surface area (Å²) < 4.78 is 0. The lowest BCUT2D eigenvalue weighted by molar-refractivity contribution is -0.119. The van der Waals surface area contributed by atoms with E-state index in [9.17, 15) is 4.79 Å². The van der Waals surface area contributed by atoms with Crippen LogP contribution in [0.2, 0.25) is 0 Å². The molecule has 0 aromatic heterocycles. The molecule has 0 fully saturated rings. The minimum Gasteiger partial charge on any atom is -0.272 e. The first-order chi connectivity index (χ1) is 8.70. The van der Waals surface area contributed by atoms with Gasteiger partial charge in [-0.1, -0.05) is 42.5 Å². The van der Waals surface area contributed by atoms with Crippen molar-refractivity contribution in [3.05, 3.63) is 54.1 Å². The van der Waals surface area contributed by atoms with Crippen molar-refractivity contribution in [2.45, 2.75) is 12.8 Å². The number of nitrogens with two attached hydrogens (primary N) is 1. The first-order valence-electron chi connectivity index (χ1n) is 5.97. The van der Waals surface area contributed by atoms with Crippen LogP contribution in [0.25, 0.3) is 11.1 Å². The van der Waals surface area contributed by atoms with Crippen LogP contribution in [-0.4, -0.2) is 5.91 Å². The van der Waals surface area contributed by atoms with Gasteiger partial charge in [0, 0.05) is 5.56 Å². The van der Waals surface area contributed by atoms with Crippen LogP contribution in [0.1, 0.15) is 18.4 Å². The molecule has 0 unspecified atom stereocenters. The second-order valence-electron chi connectivity index (χ2n) is 4.53. The molecule has 0 aliphatic carbocycles. The Morgan fingerprint density at radius 3 is 2.39 bits per heavy atom. The third-order valence-corrected chi connectivity index (χ3v) is 3.49. The molecule has 1 aliphatic rings. The number of hydrazine groups is 1. The number of carbonyl (C=O) groups excluding carboxylic acids is 1. The number of nitrogens with zero attached hydrogens (tertiary/aromatic N) is 1. The highest BCUT2D eigenvalue weighted by atomic mass is 16.2. The van der Waals surface area contributed by atoms with Crippen molar-refractivity contribution in [1.29, 1.82) is 0 Å². The van der Waals surface area contributed by atoms with Gasteiger partial charge in [-0.2, -0.15) is 0 Å². The molecule has 0 spiro atoms. The maximum Gasteiger partial charge on any atom is 0.248 e. The van der Waals surface area contributed by atoms with Gasteiger partial charge in [0.1, 0.15) is 0 Å². The molecule has 0 bridgehead atoms. The largest absolute Gasteiger partial charge is 0.272 e. The summed E-state index contributed by atoms with van der Waals surface area (Å²) in [6, 6.07) is 15.7. The van der Waals surface area contributed by atoms with Gasteiger partial charge in [0.25, 0.3) is 0 Å². The number of fused-ring (bicyclic) bond motifs is 3. The van der Waals surface area contributed by atoms with E-state index < -0.39 is 0 Å². The Morgan fingerprint density at radius 2 is 1.61 bits per heavy atom. The summed E-state index contributed by atoms with van der Waals surface area (Å²) in [5.74, 6) is 5.64. The zero-order valence-corrected chi connectivity index (χ0v) is 10.1. The van der Waals surface area contributed by atoms with E-state index in [1.165, 1.54) is 5.01 Å². The fourth-order valence-electron chi connectivity index (χ4n) is 2.49. The average Bonchev–Trinajstić information content (AvgIpc) is 2.51. The number of amides is 1. The van der Waals surface area contributed by atoms with Crippen molar-refractivity contribution in [1.82, 2.24) is 0 Å². The van der Waals surface area contributed by atoms with Crippen molar-refractivity contribution < 1.29 is 4.79 Å². The lowest BCUT2D eigenvalue weighted by Gasteiger charge is -2.18. The summed E-state index contributed by atoms with van der Waals surface area (Å²) in [6.45, 7) is 1.90. The first-order valence-corrected chi connectivity index (χ1v) is 5.97. The number of para-hydroxylation sites is 1. The molecular weight excluding hydrogens is 224 g/mol. The van der Waals surface area contributed by atoms with Gasteiger partial charge in [0.2, 0.25) is 5.91 Å².